The fourth-order valence-electron chi connectivity index (χ4n) is 1.86. The Morgan fingerprint density at radius 2 is 2.25 bits per heavy atom. The molecule has 0 fully saturated rings. The summed E-state index contributed by atoms with van der Waals surface area (Å²) in [6.45, 7) is 2.86. The fraction of sp³-hybridized carbons (Fsp3) is 0.600. The Morgan fingerprint density at radius 3 is 2.75 bits per heavy atom. The molecule has 1 aromatic heterocycles. The van der Waals surface area contributed by atoms with Crippen LogP contribution in [0.15, 0.2) is 0 Å². The number of nitrogens with two attached hydrogens (primary N) is 1. The highest BCUT2D eigenvalue weighted by Gasteiger charge is 2.17. The Kier molecular flexibility index (Phi) is 3.89. The highest BCUT2D eigenvalue weighted by atomic mass is 16.1. The van der Waals surface area contributed by atoms with Crippen molar-refractivity contribution in [2.24, 2.45) is 12.8 Å². The molecule has 0 aliphatic heterocycles. The van der Waals surface area contributed by atoms with E-state index in [9.17, 15) is 4.79 Å². The van der Waals surface area contributed by atoms with Gasteiger partial charge in [-0.15, -0.1) is 0 Å². The van der Waals surface area contributed by atoms with Crippen LogP contribution in [0.25, 0.3) is 0 Å². The Balaban J connectivity index is 3.05. The maximum atomic E-state index is 10.9. The standard InChI is InChI=1S/C10H19N5O/c1-7-8(5-12-2)10(15(4)13-7)14(3)6-9(11)16/h12H,5-6H2,1-4H3,(H2,11,16). The summed E-state index contributed by atoms with van der Waals surface area (Å²) in [5.41, 5.74) is 7.24. The zero-order valence-electron chi connectivity index (χ0n) is 10.2. The topological polar surface area (TPSA) is 76.2 Å². The van der Waals surface area contributed by atoms with Gasteiger partial charge in [-0.2, -0.15) is 5.10 Å². The number of hydrogen-bond acceptors (Lipinski definition) is 4. The number of hydrogen-bond donors (Lipinski definition) is 2. The molecule has 0 saturated heterocycles. The molecule has 0 spiro atoms. The number of nitrogens with one attached hydrogen (secondary N) is 1. The Bertz CT molecular complexity index is 385. The second-order valence-corrected chi connectivity index (χ2v) is 3.86. The van der Waals surface area contributed by atoms with Crippen molar-refractivity contribution in [1.29, 1.82) is 0 Å². The molecule has 1 aromatic rings. The zero-order chi connectivity index (χ0) is 12.3. The summed E-state index contributed by atoms with van der Waals surface area (Å²) in [5.74, 6) is 0.572. The SMILES string of the molecule is CNCc1c(C)nn(C)c1N(C)CC(N)=O. The minimum atomic E-state index is -0.350. The molecule has 1 heterocycles. The van der Waals surface area contributed by atoms with Crippen LogP contribution in [0.2, 0.25) is 0 Å². The number of carbonyl (C=O) groups excluding carboxylic acids is 1. The minimum Gasteiger partial charge on any atom is -0.368 e. The number of nitrogens with zero attached hydrogens (tertiary/aromatic N) is 3. The van der Waals surface area contributed by atoms with Crippen molar-refractivity contribution >= 4 is 11.7 Å². The Morgan fingerprint density at radius 1 is 1.62 bits per heavy atom. The summed E-state index contributed by atoms with van der Waals surface area (Å²) in [6.07, 6.45) is 0. The predicted octanol–water partition coefficient (Wildman–Crippen LogP) is -0.631. The summed E-state index contributed by atoms with van der Waals surface area (Å²) in [6, 6.07) is 0. The molecule has 0 aromatic carbocycles. The van der Waals surface area contributed by atoms with E-state index in [0.717, 1.165) is 23.6 Å². The maximum absolute atomic E-state index is 10.9. The van der Waals surface area contributed by atoms with Gasteiger partial charge in [0.2, 0.25) is 5.91 Å². The number of likely N-dealkylation sites (N-methyl/N-ethyl adjacent to an activating group) is 1. The number of carbonyl (C=O) groups is 1. The van der Waals surface area contributed by atoms with Crippen molar-refractivity contribution in [3.63, 3.8) is 0 Å². The average Bonchev–Trinajstić information content (AvgIpc) is 2.41. The third kappa shape index (κ3) is 2.52. The molecule has 0 aliphatic rings. The van der Waals surface area contributed by atoms with E-state index in [1.807, 2.05) is 33.0 Å². The van der Waals surface area contributed by atoms with Crippen LogP contribution in [0.3, 0.4) is 0 Å². The van der Waals surface area contributed by atoms with Crippen molar-refractivity contribution < 1.29 is 4.79 Å². The number of primary amides is 1. The third-order valence-corrected chi connectivity index (χ3v) is 2.42. The monoisotopic (exact) mass is 225 g/mol. The predicted molar refractivity (Wildman–Crippen MR) is 63.2 cm³/mol. The van der Waals surface area contributed by atoms with Gasteiger partial charge in [-0.3, -0.25) is 9.48 Å². The Hall–Kier alpha value is -1.56. The van der Waals surface area contributed by atoms with Crippen molar-refractivity contribution in [2.45, 2.75) is 13.5 Å². The van der Waals surface area contributed by atoms with Crippen molar-refractivity contribution in [2.75, 3.05) is 25.5 Å². The molecular weight excluding hydrogens is 206 g/mol. The maximum Gasteiger partial charge on any atom is 0.236 e. The van der Waals surface area contributed by atoms with Crippen molar-refractivity contribution in [3.8, 4) is 0 Å². The van der Waals surface area contributed by atoms with E-state index in [2.05, 4.69) is 10.4 Å². The third-order valence-electron chi connectivity index (χ3n) is 2.42. The van der Waals surface area contributed by atoms with Crippen molar-refractivity contribution in [3.05, 3.63) is 11.3 Å². The molecule has 1 rings (SSSR count). The van der Waals surface area contributed by atoms with Crippen LogP contribution in [0.4, 0.5) is 5.82 Å². The number of amides is 1. The fourth-order valence-corrected chi connectivity index (χ4v) is 1.86. The lowest BCUT2D eigenvalue weighted by molar-refractivity contribution is -0.116. The molecule has 0 radical (unpaired) electrons. The molecule has 0 unspecified atom stereocenters. The summed E-state index contributed by atoms with van der Waals surface area (Å²) >= 11 is 0. The van der Waals surface area contributed by atoms with Gasteiger partial charge in [0, 0.05) is 26.2 Å². The first kappa shape index (κ1) is 12.5. The summed E-state index contributed by atoms with van der Waals surface area (Å²) in [5, 5.41) is 7.43. The molecule has 16 heavy (non-hydrogen) atoms. The molecule has 90 valence electrons. The van der Waals surface area contributed by atoms with Gasteiger partial charge >= 0.3 is 0 Å². The van der Waals surface area contributed by atoms with Crippen LogP contribution in [0.5, 0.6) is 0 Å². The summed E-state index contributed by atoms with van der Waals surface area (Å²) in [7, 11) is 5.57. The van der Waals surface area contributed by atoms with Crippen LogP contribution in [0.1, 0.15) is 11.3 Å². The van der Waals surface area contributed by atoms with Crippen LogP contribution >= 0.6 is 0 Å². The summed E-state index contributed by atoms with van der Waals surface area (Å²) < 4.78 is 1.77. The lowest BCUT2D eigenvalue weighted by atomic mass is 10.2. The molecule has 0 atom stereocenters. The number of aryl methyl sites for hydroxylation is 2. The lowest BCUT2D eigenvalue weighted by Gasteiger charge is -2.19. The number of anilines is 1. The first-order valence-electron chi connectivity index (χ1n) is 5.13. The molecule has 0 bridgehead atoms. The summed E-state index contributed by atoms with van der Waals surface area (Å²) in [4.78, 5) is 12.7. The van der Waals surface area contributed by atoms with Gasteiger partial charge in [-0.25, -0.2) is 0 Å². The quantitative estimate of drug-likeness (QED) is 0.699. The van der Waals surface area contributed by atoms with Gasteiger partial charge in [-0.1, -0.05) is 0 Å². The first-order valence-corrected chi connectivity index (χ1v) is 5.13. The van der Waals surface area contributed by atoms with E-state index >= 15 is 0 Å². The van der Waals surface area contributed by atoms with Crippen LogP contribution < -0.4 is 16.0 Å². The van der Waals surface area contributed by atoms with E-state index in [1.165, 1.54) is 0 Å². The molecule has 1 amide bonds. The van der Waals surface area contributed by atoms with Crippen LogP contribution in [-0.2, 0) is 18.4 Å². The molecular formula is C10H19N5O. The largest absolute Gasteiger partial charge is 0.368 e. The van der Waals surface area contributed by atoms with Gasteiger partial charge in [0.15, 0.2) is 0 Å². The molecule has 0 saturated carbocycles. The highest BCUT2D eigenvalue weighted by Crippen LogP contribution is 2.21. The van der Waals surface area contributed by atoms with Gasteiger partial charge in [0.05, 0.1) is 12.2 Å². The van der Waals surface area contributed by atoms with E-state index in [0.29, 0.717) is 0 Å². The van der Waals surface area contributed by atoms with Crippen molar-refractivity contribution in [1.82, 2.24) is 15.1 Å². The average molecular weight is 225 g/mol. The lowest BCUT2D eigenvalue weighted by Crippen LogP contribution is -2.32. The van der Waals surface area contributed by atoms with E-state index in [4.69, 9.17) is 5.73 Å². The van der Waals surface area contributed by atoms with E-state index in [1.54, 1.807) is 4.68 Å². The van der Waals surface area contributed by atoms with Crippen LogP contribution in [-0.4, -0.2) is 36.3 Å². The molecule has 3 N–H and O–H groups in total. The minimum absolute atomic E-state index is 0.190. The van der Waals surface area contributed by atoms with Gasteiger partial charge < -0.3 is 16.0 Å². The van der Waals surface area contributed by atoms with Gasteiger partial charge in [0.25, 0.3) is 0 Å². The Labute approximate surface area is 95.4 Å². The van der Waals surface area contributed by atoms with E-state index < -0.39 is 0 Å². The van der Waals surface area contributed by atoms with Crippen LogP contribution in [0, 0.1) is 6.92 Å². The first-order chi connectivity index (χ1) is 7.47. The molecule has 0 aliphatic carbocycles. The molecule has 6 heteroatoms. The zero-order valence-corrected chi connectivity index (χ0v) is 10.2. The highest BCUT2D eigenvalue weighted by molar-refractivity contribution is 5.79. The second-order valence-electron chi connectivity index (χ2n) is 3.86. The smallest absolute Gasteiger partial charge is 0.236 e. The number of aromatic nitrogens is 2. The second kappa shape index (κ2) is 4.98. The number of rotatable bonds is 5. The van der Waals surface area contributed by atoms with Gasteiger partial charge in [0.1, 0.15) is 5.82 Å². The normalized spacial score (nSPS) is 10.5. The van der Waals surface area contributed by atoms with Gasteiger partial charge in [-0.05, 0) is 14.0 Å². The van der Waals surface area contributed by atoms with E-state index in [-0.39, 0.29) is 12.5 Å². The molecule has 6 nitrogen and oxygen atoms in total.